The van der Waals surface area contributed by atoms with Gasteiger partial charge in [-0.25, -0.2) is 9.37 Å². The van der Waals surface area contributed by atoms with E-state index in [9.17, 15) is 14.0 Å². The predicted molar refractivity (Wildman–Crippen MR) is 141 cm³/mol. The number of carbonyl (C=O) groups excluding carboxylic acids is 2. The Bertz CT molecular complexity index is 1310. The maximum absolute atomic E-state index is 14.8. The number of hydrogen-bond acceptors (Lipinski definition) is 7. The molecule has 1 aliphatic carbocycles. The molecule has 2 atom stereocenters. The SMILES string of the molecule is NC(=O)c1cc(F)c(NC2CCCCC2N)nc1Nc1cncc(-c2ccc(N3CCCC3=O)cc2)c1. The Morgan fingerprint density at radius 2 is 1.81 bits per heavy atom. The lowest BCUT2D eigenvalue weighted by Gasteiger charge is -2.30. The molecule has 2 aromatic heterocycles. The van der Waals surface area contributed by atoms with Crippen LogP contribution in [0.25, 0.3) is 11.1 Å². The highest BCUT2D eigenvalue weighted by molar-refractivity contribution is 5.99. The van der Waals surface area contributed by atoms with Crippen molar-refractivity contribution in [2.24, 2.45) is 11.5 Å². The molecule has 0 radical (unpaired) electrons. The minimum Gasteiger partial charge on any atom is -0.365 e. The zero-order valence-electron chi connectivity index (χ0n) is 20.4. The van der Waals surface area contributed by atoms with Crippen LogP contribution in [0, 0.1) is 5.82 Å². The largest absolute Gasteiger partial charge is 0.365 e. The highest BCUT2D eigenvalue weighted by Crippen LogP contribution is 2.30. The number of halogens is 1. The van der Waals surface area contributed by atoms with Gasteiger partial charge in [-0.1, -0.05) is 25.0 Å². The molecule has 1 saturated heterocycles. The number of nitrogens with two attached hydrogens (primary N) is 2. The molecule has 0 bridgehead atoms. The molecule has 5 rings (SSSR count). The number of amides is 2. The highest BCUT2D eigenvalue weighted by Gasteiger charge is 2.25. The second kappa shape index (κ2) is 10.5. The van der Waals surface area contributed by atoms with Gasteiger partial charge in [0.2, 0.25) is 5.91 Å². The summed E-state index contributed by atoms with van der Waals surface area (Å²) in [4.78, 5) is 34.6. The van der Waals surface area contributed by atoms with Crippen LogP contribution in [0.3, 0.4) is 0 Å². The summed E-state index contributed by atoms with van der Waals surface area (Å²) in [5.74, 6) is -1.18. The van der Waals surface area contributed by atoms with Crippen LogP contribution in [0.5, 0.6) is 0 Å². The van der Waals surface area contributed by atoms with Crippen molar-refractivity contribution in [3.05, 3.63) is 60.2 Å². The van der Waals surface area contributed by atoms with E-state index >= 15 is 0 Å². The van der Waals surface area contributed by atoms with Crippen LogP contribution in [0.15, 0.2) is 48.8 Å². The minimum atomic E-state index is -0.800. The van der Waals surface area contributed by atoms with Gasteiger partial charge in [-0.15, -0.1) is 0 Å². The molecule has 1 aromatic carbocycles. The summed E-state index contributed by atoms with van der Waals surface area (Å²) >= 11 is 0. The molecule has 10 heteroatoms. The van der Waals surface area contributed by atoms with E-state index in [-0.39, 0.29) is 35.2 Å². The van der Waals surface area contributed by atoms with Crippen LogP contribution in [-0.2, 0) is 4.79 Å². The summed E-state index contributed by atoms with van der Waals surface area (Å²) in [6.07, 6.45) is 8.47. The fourth-order valence-electron chi connectivity index (χ4n) is 4.95. The van der Waals surface area contributed by atoms with E-state index < -0.39 is 11.7 Å². The van der Waals surface area contributed by atoms with Crippen molar-refractivity contribution in [1.29, 1.82) is 0 Å². The average molecular weight is 504 g/mol. The van der Waals surface area contributed by atoms with Crippen LogP contribution < -0.4 is 27.0 Å². The van der Waals surface area contributed by atoms with Gasteiger partial charge in [-0.05, 0) is 49.1 Å². The second-order valence-electron chi connectivity index (χ2n) is 9.56. The Labute approximate surface area is 214 Å². The second-order valence-corrected chi connectivity index (χ2v) is 9.56. The van der Waals surface area contributed by atoms with Crippen molar-refractivity contribution >= 4 is 34.8 Å². The van der Waals surface area contributed by atoms with Gasteiger partial charge in [0, 0.05) is 42.5 Å². The van der Waals surface area contributed by atoms with E-state index in [2.05, 4.69) is 20.6 Å². The van der Waals surface area contributed by atoms with Crippen molar-refractivity contribution in [1.82, 2.24) is 9.97 Å². The molecule has 3 aromatic rings. The third-order valence-electron chi connectivity index (χ3n) is 6.97. The first kappa shape index (κ1) is 24.6. The first-order valence-corrected chi connectivity index (χ1v) is 12.5. The van der Waals surface area contributed by atoms with E-state index in [0.29, 0.717) is 12.1 Å². The number of nitrogens with one attached hydrogen (secondary N) is 2. The zero-order chi connectivity index (χ0) is 25.9. The highest BCUT2D eigenvalue weighted by atomic mass is 19.1. The standard InChI is InChI=1S/C27H30FN7O2/c28-21-13-20(25(30)37)26(34-27(21)33-23-5-2-1-4-22(23)29)32-18-12-17(14-31-15-18)16-7-9-19(10-8-16)35-11-3-6-24(35)36/h7-10,12-15,22-23H,1-6,11,29H2,(H2,30,37)(H2,32,33,34). The molecule has 6 N–H and O–H groups in total. The third kappa shape index (κ3) is 5.39. The van der Waals surface area contributed by atoms with Gasteiger partial charge >= 0.3 is 0 Å². The number of aromatic nitrogens is 2. The maximum Gasteiger partial charge on any atom is 0.252 e. The first-order valence-electron chi connectivity index (χ1n) is 12.5. The molecule has 2 unspecified atom stereocenters. The van der Waals surface area contributed by atoms with E-state index in [1.165, 1.54) is 0 Å². The van der Waals surface area contributed by atoms with Gasteiger partial charge < -0.3 is 27.0 Å². The van der Waals surface area contributed by atoms with Crippen LogP contribution in [0.2, 0.25) is 0 Å². The van der Waals surface area contributed by atoms with Crippen LogP contribution >= 0.6 is 0 Å². The number of anilines is 4. The Morgan fingerprint density at radius 3 is 2.51 bits per heavy atom. The number of benzene rings is 1. The van der Waals surface area contributed by atoms with Crippen LogP contribution in [0.4, 0.5) is 27.4 Å². The van der Waals surface area contributed by atoms with Crippen LogP contribution in [-0.4, -0.2) is 40.4 Å². The van der Waals surface area contributed by atoms with Crippen molar-refractivity contribution in [3.63, 3.8) is 0 Å². The van der Waals surface area contributed by atoms with Crippen molar-refractivity contribution in [2.75, 3.05) is 22.1 Å². The van der Waals surface area contributed by atoms with E-state index in [1.807, 2.05) is 30.3 Å². The number of pyridine rings is 2. The summed E-state index contributed by atoms with van der Waals surface area (Å²) in [5, 5.41) is 6.19. The third-order valence-corrected chi connectivity index (χ3v) is 6.97. The molecule has 2 aliphatic rings. The molecule has 2 fully saturated rings. The predicted octanol–water partition coefficient (Wildman–Crippen LogP) is 3.93. The Morgan fingerprint density at radius 1 is 1.03 bits per heavy atom. The molecule has 1 saturated carbocycles. The molecule has 1 aliphatic heterocycles. The van der Waals surface area contributed by atoms with Gasteiger partial charge in [-0.3, -0.25) is 14.6 Å². The number of rotatable bonds is 7. The lowest BCUT2D eigenvalue weighted by Crippen LogP contribution is -2.43. The molecule has 37 heavy (non-hydrogen) atoms. The fraction of sp³-hybridized carbons (Fsp3) is 0.333. The number of carbonyl (C=O) groups is 2. The molecule has 2 amide bonds. The Hall–Kier alpha value is -4.05. The maximum atomic E-state index is 14.8. The van der Waals surface area contributed by atoms with E-state index in [1.54, 1.807) is 17.3 Å². The van der Waals surface area contributed by atoms with Gasteiger partial charge in [0.1, 0.15) is 5.82 Å². The smallest absolute Gasteiger partial charge is 0.252 e. The lowest BCUT2D eigenvalue weighted by atomic mass is 9.91. The molecule has 9 nitrogen and oxygen atoms in total. The molecular weight excluding hydrogens is 473 g/mol. The summed E-state index contributed by atoms with van der Waals surface area (Å²) < 4.78 is 14.8. The lowest BCUT2D eigenvalue weighted by molar-refractivity contribution is -0.117. The van der Waals surface area contributed by atoms with E-state index in [0.717, 1.165) is 61.5 Å². The van der Waals surface area contributed by atoms with Crippen LogP contribution in [0.1, 0.15) is 48.9 Å². The number of nitrogens with zero attached hydrogens (tertiary/aromatic N) is 3. The summed E-state index contributed by atoms with van der Waals surface area (Å²) in [6, 6.07) is 10.4. The zero-order valence-corrected chi connectivity index (χ0v) is 20.4. The normalized spacial score (nSPS) is 19.6. The van der Waals surface area contributed by atoms with Gasteiger partial charge in [0.15, 0.2) is 11.6 Å². The first-order chi connectivity index (χ1) is 17.9. The number of primary amides is 1. The molecule has 192 valence electrons. The molecule has 3 heterocycles. The van der Waals surface area contributed by atoms with Crippen molar-refractivity contribution in [3.8, 4) is 11.1 Å². The average Bonchev–Trinajstić information content (AvgIpc) is 3.33. The van der Waals surface area contributed by atoms with E-state index in [4.69, 9.17) is 11.5 Å². The fourth-order valence-corrected chi connectivity index (χ4v) is 4.95. The summed E-state index contributed by atoms with van der Waals surface area (Å²) in [6.45, 7) is 0.732. The minimum absolute atomic E-state index is 0.0195. The quantitative estimate of drug-likeness (QED) is 0.383. The van der Waals surface area contributed by atoms with Gasteiger partial charge in [-0.2, -0.15) is 0 Å². The summed E-state index contributed by atoms with van der Waals surface area (Å²) in [7, 11) is 0. The monoisotopic (exact) mass is 503 g/mol. The molecular formula is C27H30FN7O2. The van der Waals surface area contributed by atoms with Gasteiger partial charge in [0.25, 0.3) is 5.91 Å². The molecule has 0 spiro atoms. The van der Waals surface area contributed by atoms with Crippen molar-refractivity contribution in [2.45, 2.75) is 50.6 Å². The summed E-state index contributed by atoms with van der Waals surface area (Å²) in [5.41, 5.74) is 14.8. The Balaban J connectivity index is 1.39. The number of hydrogen-bond donors (Lipinski definition) is 4. The van der Waals surface area contributed by atoms with Gasteiger partial charge in [0.05, 0.1) is 17.4 Å². The Kier molecular flexibility index (Phi) is 7.00. The van der Waals surface area contributed by atoms with Crippen molar-refractivity contribution < 1.29 is 14.0 Å². The topological polar surface area (TPSA) is 139 Å².